The summed E-state index contributed by atoms with van der Waals surface area (Å²) in [6.07, 6.45) is 2.84. The van der Waals surface area contributed by atoms with E-state index in [1.54, 1.807) is 24.1 Å². The molecule has 9 nitrogen and oxygen atoms in total. The second-order valence-electron chi connectivity index (χ2n) is 11.1. The summed E-state index contributed by atoms with van der Waals surface area (Å²) < 4.78 is 31.4. The van der Waals surface area contributed by atoms with Gasteiger partial charge in [-0.2, -0.15) is 5.26 Å². The molecule has 1 fully saturated rings. The van der Waals surface area contributed by atoms with Crippen molar-refractivity contribution in [3.63, 3.8) is 0 Å². The molecular formula is C31H28Cl3F2N7O2. The van der Waals surface area contributed by atoms with Gasteiger partial charge in [-0.15, -0.1) is 0 Å². The molecule has 1 aliphatic heterocycles. The van der Waals surface area contributed by atoms with E-state index in [0.29, 0.717) is 35.4 Å². The van der Waals surface area contributed by atoms with Gasteiger partial charge in [0.05, 0.1) is 44.8 Å². The molecule has 1 saturated heterocycles. The Balaban J connectivity index is 1.87. The van der Waals surface area contributed by atoms with Gasteiger partial charge in [0.15, 0.2) is 5.83 Å². The zero-order valence-electron chi connectivity index (χ0n) is 24.5. The van der Waals surface area contributed by atoms with Crippen LogP contribution in [-0.2, 0) is 4.79 Å². The number of carbonyl (C=O) groups is 1. The molecular weight excluding hydrogens is 647 g/mol. The van der Waals surface area contributed by atoms with E-state index in [1.165, 1.54) is 16.7 Å². The zero-order valence-corrected chi connectivity index (χ0v) is 26.8. The van der Waals surface area contributed by atoms with E-state index < -0.39 is 39.2 Å². The van der Waals surface area contributed by atoms with Crippen molar-refractivity contribution in [3.05, 3.63) is 90.6 Å². The Labute approximate surface area is 272 Å². The lowest BCUT2D eigenvalue weighted by Gasteiger charge is -2.36. The molecule has 0 saturated carbocycles. The quantitative estimate of drug-likeness (QED) is 0.338. The lowest BCUT2D eigenvalue weighted by atomic mass is 9.89. The van der Waals surface area contributed by atoms with Gasteiger partial charge >= 0.3 is 0 Å². The van der Waals surface area contributed by atoms with Gasteiger partial charge in [-0.25, -0.2) is 13.8 Å². The summed E-state index contributed by atoms with van der Waals surface area (Å²) in [5, 5.41) is 9.28. The molecule has 45 heavy (non-hydrogen) atoms. The first-order valence-electron chi connectivity index (χ1n) is 14.0. The normalized spacial score (nSPS) is 19.0. The number of fused-ring (bicyclic) bond motifs is 1. The van der Waals surface area contributed by atoms with Gasteiger partial charge in [0.25, 0.3) is 5.56 Å². The molecule has 14 heteroatoms. The summed E-state index contributed by atoms with van der Waals surface area (Å²) in [5.74, 6) is -4.16. The zero-order chi connectivity index (χ0) is 32.9. The van der Waals surface area contributed by atoms with E-state index in [9.17, 15) is 19.2 Å². The summed E-state index contributed by atoms with van der Waals surface area (Å²) >= 11 is 18.8. The molecule has 2 aliphatic rings. The first kappa shape index (κ1) is 32.6. The second kappa shape index (κ2) is 12.5. The highest BCUT2D eigenvalue weighted by Crippen LogP contribution is 2.46. The smallest absolute Gasteiger partial charge is 0.276 e. The average Bonchev–Trinajstić information content (AvgIpc) is 3.02. The van der Waals surface area contributed by atoms with E-state index in [-0.39, 0.29) is 52.5 Å². The van der Waals surface area contributed by atoms with Crippen molar-refractivity contribution in [3.8, 4) is 11.8 Å². The van der Waals surface area contributed by atoms with Crippen molar-refractivity contribution in [1.82, 2.24) is 19.4 Å². The second-order valence-corrected chi connectivity index (χ2v) is 12.3. The molecule has 0 bridgehead atoms. The minimum absolute atomic E-state index is 0.0401. The van der Waals surface area contributed by atoms with Gasteiger partial charge < -0.3 is 15.5 Å². The number of hydrogen-bond donors (Lipinski definition) is 1. The van der Waals surface area contributed by atoms with Crippen molar-refractivity contribution < 1.29 is 13.6 Å². The van der Waals surface area contributed by atoms with Crippen molar-refractivity contribution in [2.45, 2.75) is 38.6 Å². The third-order valence-corrected chi connectivity index (χ3v) is 9.12. The molecule has 0 aromatic carbocycles. The number of allylic oxidation sites excluding steroid dienone is 2. The topological polar surface area (TPSA) is 121 Å². The summed E-state index contributed by atoms with van der Waals surface area (Å²) in [7, 11) is 0. The van der Waals surface area contributed by atoms with Crippen LogP contribution in [0.4, 0.5) is 14.5 Å². The van der Waals surface area contributed by atoms with Crippen LogP contribution in [0.2, 0.25) is 5.02 Å². The Bertz CT molecular complexity index is 1920. The number of nitrogens with zero attached hydrogens (tertiary/aromatic N) is 6. The lowest BCUT2D eigenvalue weighted by molar-refractivity contribution is -0.126. The first-order chi connectivity index (χ1) is 21.3. The summed E-state index contributed by atoms with van der Waals surface area (Å²) in [4.78, 5) is 39.3. The number of aryl methyl sites for hydroxylation is 1. The van der Waals surface area contributed by atoms with Crippen LogP contribution < -0.4 is 16.2 Å². The van der Waals surface area contributed by atoms with Crippen LogP contribution in [-0.4, -0.2) is 57.6 Å². The number of piperazine rings is 1. The molecule has 5 rings (SSSR count). The highest BCUT2D eigenvalue weighted by molar-refractivity contribution is 6.36. The van der Waals surface area contributed by atoms with Gasteiger partial charge in [-0.3, -0.25) is 19.1 Å². The summed E-state index contributed by atoms with van der Waals surface area (Å²) in [5.41, 5.74) is 7.13. The molecule has 4 heterocycles. The number of amides is 1. The maximum Gasteiger partial charge on any atom is 0.276 e. The number of aromatic nitrogens is 3. The maximum atomic E-state index is 15.6. The maximum absolute atomic E-state index is 15.6. The van der Waals surface area contributed by atoms with E-state index in [1.807, 2.05) is 18.7 Å². The van der Waals surface area contributed by atoms with Crippen LogP contribution in [0.1, 0.15) is 48.2 Å². The van der Waals surface area contributed by atoms with Gasteiger partial charge in [0, 0.05) is 37.8 Å². The summed E-state index contributed by atoms with van der Waals surface area (Å²) in [6, 6.07) is 3.85. The molecule has 2 atom stereocenters. The molecule has 3 aromatic rings. The number of anilines is 1. The predicted octanol–water partition coefficient (Wildman–Crippen LogP) is 5.84. The number of hydrogen-bond acceptors (Lipinski definition) is 7. The van der Waals surface area contributed by atoms with Crippen molar-refractivity contribution in [1.29, 1.82) is 5.26 Å². The minimum Gasteiger partial charge on any atom is -0.366 e. The third kappa shape index (κ3) is 5.40. The largest absolute Gasteiger partial charge is 0.366 e. The Morgan fingerprint density at radius 3 is 2.47 bits per heavy atom. The van der Waals surface area contributed by atoms with Gasteiger partial charge in [0.1, 0.15) is 28.1 Å². The Morgan fingerprint density at radius 1 is 1.20 bits per heavy atom. The van der Waals surface area contributed by atoms with Gasteiger partial charge in [-0.1, -0.05) is 55.2 Å². The Morgan fingerprint density at radius 2 is 1.87 bits per heavy atom. The fraction of sp³-hybridized carbons (Fsp3) is 0.323. The molecule has 3 aromatic heterocycles. The van der Waals surface area contributed by atoms with Gasteiger partial charge in [0.2, 0.25) is 5.91 Å². The molecule has 2 N–H and O–H groups in total. The van der Waals surface area contributed by atoms with Crippen LogP contribution in [0.3, 0.4) is 0 Å². The predicted molar refractivity (Wildman–Crippen MR) is 171 cm³/mol. The molecule has 1 unspecified atom stereocenters. The molecule has 0 spiro atoms. The monoisotopic (exact) mass is 673 g/mol. The van der Waals surface area contributed by atoms with Crippen LogP contribution >= 0.6 is 34.8 Å². The Hall–Kier alpha value is -3.82. The molecule has 1 aliphatic carbocycles. The van der Waals surface area contributed by atoms with Crippen LogP contribution in [0.25, 0.3) is 16.7 Å². The van der Waals surface area contributed by atoms with Crippen LogP contribution in [0.5, 0.6) is 0 Å². The Kier molecular flexibility index (Phi) is 9.06. The number of halogens is 5. The number of carbonyl (C=O) groups excluding carboxylic acids is 1. The fourth-order valence-electron chi connectivity index (χ4n) is 5.79. The minimum atomic E-state index is -1.47. The number of pyridine rings is 3. The molecule has 234 valence electrons. The SMILES string of the molecule is C=CC(=O)N1CCN(c2c(C#N)c(=O)n(-c3c(C)ccnc3C(C)C)c3nc([C@H]4C(F)=C(Cl)C(F)=C(Cl)C4N)c(Cl)cc23)CC1. The summed E-state index contributed by atoms with van der Waals surface area (Å²) in [6.45, 7) is 10.3. The van der Waals surface area contributed by atoms with Gasteiger partial charge in [-0.05, 0) is 36.6 Å². The van der Waals surface area contributed by atoms with Crippen molar-refractivity contribution >= 4 is 57.4 Å². The highest BCUT2D eigenvalue weighted by atomic mass is 35.5. The van der Waals surface area contributed by atoms with Crippen LogP contribution in [0, 0.1) is 18.3 Å². The number of nitriles is 1. The lowest BCUT2D eigenvalue weighted by Crippen LogP contribution is -2.49. The van der Waals surface area contributed by atoms with Crippen molar-refractivity contribution in [2.24, 2.45) is 5.73 Å². The molecule has 0 radical (unpaired) electrons. The van der Waals surface area contributed by atoms with Crippen molar-refractivity contribution in [2.75, 3.05) is 31.1 Å². The number of nitrogens with two attached hydrogens (primary N) is 1. The van der Waals surface area contributed by atoms with E-state index >= 15 is 4.39 Å². The first-order valence-corrected chi connectivity index (χ1v) is 15.1. The third-order valence-electron chi connectivity index (χ3n) is 8.05. The van der Waals surface area contributed by atoms with E-state index in [4.69, 9.17) is 45.5 Å². The number of rotatable bonds is 5. The standard InChI is InChI=1S/C31H28Cl3F2N7O2/c1-5-19(44)41-8-10-42(11-9-41)29-16-12-18(32)27(20-23(35)21(33)24(36)22(34)25(20)38)40-30(16)43(31(45)17(29)13-37)28-15(4)6-7-39-26(28)14(2)3/h5-7,12,14,20,25H,1,8-11,38H2,2-4H3/t20-,25?/m0/s1. The average molecular weight is 675 g/mol. The highest BCUT2D eigenvalue weighted by Gasteiger charge is 2.39. The van der Waals surface area contributed by atoms with Crippen LogP contribution in [0.15, 0.2) is 57.5 Å². The van der Waals surface area contributed by atoms with E-state index in [0.717, 1.165) is 0 Å². The van der Waals surface area contributed by atoms with E-state index in [2.05, 4.69) is 17.6 Å². The fourth-order valence-corrected chi connectivity index (χ4v) is 6.54. The molecule has 1 amide bonds.